The van der Waals surface area contributed by atoms with Gasteiger partial charge in [-0.25, -0.2) is 0 Å². The third-order valence-corrected chi connectivity index (χ3v) is 3.32. The van der Waals surface area contributed by atoms with Crippen LogP contribution in [0.2, 0.25) is 0 Å². The van der Waals surface area contributed by atoms with Crippen molar-refractivity contribution in [1.82, 2.24) is 0 Å². The van der Waals surface area contributed by atoms with Gasteiger partial charge in [0.1, 0.15) is 11.5 Å². The van der Waals surface area contributed by atoms with Gasteiger partial charge in [0.25, 0.3) is 0 Å². The molecule has 1 aromatic heterocycles. The molecular weight excluding hydrogens is 310 g/mol. The molecule has 0 atom stereocenters. The van der Waals surface area contributed by atoms with Crippen molar-refractivity contribution < 1.29 is 13.9 Å². The van der Waals surface area contributed by atoms with Crippen LogP contribution in [-0.4, -0.2) is 13.0 Å². The summed E-state index contributed by atoms with van der Waals surface area (Å²) in [5, 5.41) is 2.84. The SMILES string of the molecule is COc1ccc(Br)c(NC(=O)CCc2ccco2)c1. The Morgan fingerprint density at radius 3 is 2.95 bits per heavy atom. The van der Waals surface area contributed by atoms with Crippen LogP contribution in [-0.2, 0) is 11.2 Å². The number of carbonyl (C=O) groups excluding carboxylic acids is 1. The first kappa shape index (κ1) is 13.7. The lowest BCUT2D eigenvalue weighted by Crippen LogP contribution is -2.12. The highest BCUT2D eigenvalue weighted by Crippen LogP contribution is 2.27. The normalized spacial score (nSPS) is 10.2. The van der Waals surface area contributed by atoms with Gasteiger partial charge in [-0.15, -0.1) is 0 Å². The van der Waals surface area contributed by atoms with Gasteiger partial charge in [-0.3, -0.25) is 4.79 Å². The fourth-order valence-electron chi connectivity index (χ4n) is 1.63. The largest absolute Gasteiger partial charge is 0.497 e. The number of hydrogen-bond acceptors (Lipinski definition) is 3. The molecular formula is C14H14BrNO3. The molecule has 5 heteroatoms. The number of benzene rings is 1. The van der Waals surface area contributed by atoms with E-state index in [0.29, 0.717) is 24.3 Å². The Kier molecular flexibility index (Phi) is 4.63. The molecule has 0 aliphatic carbocycles. The van der Waals surface area contributed by atoms with Gasteiger partial charge in [0, 0.05) is 23.4 Å². The molecule has 0 saturated heterocycles. The van der Waals surface area contributed by atoms with Crippen molar-refractivity contribution in [2.24, 2.45) is 0 Å². The van der Waals surface area contributed by atoms with Crippen LogP contribution in [0.4, 0.5) is 5.69 Å². The van der Waals surface area contributed by atoms with E-state index in [-0.39, 0.29) is 5.91 Å². The molecule has 0 bridgehead atoms. The molecule has 0 unspecified atom stereocenters. The first-order valence-corrected chi connectivity index (χ1v) is 6.64. The molecule has 0 spiro atoms. The zero-order valence-corrected chi connectivity index (χ0v) is 12.1. The Labute approximate surface area is 119 Å². The number of amides is 1. The van der Waals surface area contributed by atoms with Gasteiger partial charge >= 0.3 is 0 Å². The van der Waals surface area contributed by atoms with Crippen molar-refractivity contribution in [3.05, 3.63) is 46.8 Å². The summed E-state index contributed by atoms with van der Waals surface area (Å²) in [6.45, 7) is 0. The minimum absolute atomic E-state index is 0.0645. The molecule has 100 valence electrons. The third kappa shape index (κ3) is 3.86. The van der Waals surface area contributed by atoms with E-state index in [1.807, 2.05) is 24.3 Å². The van der Waals surface area contributed by atoms with Crippen LogP contribution in [0, 0.1) is 0 Å². The molecule has 1 N–H and O–H groups in total. The van der Waals surface area contributed by atoms with Gasteiger partial charge in [0.2, 0.25) is 5.91 Å². The van der Waals surface area contributed by atoms with Crippen molar-refractivity contribution in [3.63, 3.8) is 0 Å². The van der Waals surface area contributed by atoms with Crippen LogP contribution in [0.5, 0.6) is 5.75 Å². The lowest BCUT2D eigenvalue weighted by Gasteiger charge is -2.09. The van der Waals surface area contributed by atoms with E-state index >= 15 is 0 Å². The number of aryl methyl sites for hydroxylation is 1. The highest BCUT2D eigenvalue weighted by atomic mass is 79.9. The van der Waals surface area contributed by atoms with Gasteiger partial charge in [0.15, 0.2) is 0 Å². The molecule has 1 aromatic carbocycles. The van der Waals surface area contributed by atoms with Crippen LogP contribution in [0.3, 0.4) is 0 Å². The molecule has 1 amide bonds. The van der Waals surface area contributed by atoms with Crippen LogP contribution in [0.25, 0.3) is 0 Å². The van der Waals surface area contributed by atoms with Crippen LogP contribution < -0.4 is 10.1 Å². The fourth-order valence-corrected chi connectivity index (χ4v) is 1.98. The second-order valence-electron chi connectivity index (χ2n) is 3.97. The maximum Gasteiger partial charge on any atom is 0.224 e. The number of carbonyl (C=O) groups is 1. The number of methoxy groups -OCH3 is 1. The number of hydrogen-bond donors (Lipinski definition) is 1. The number of anilines is 1. The van der Waals surface area contributed by atoms with E-state index in [4.69, 9.17) is 9.15 Å². The first-order chi connectivity index (χ1) is 9.19. The first-order valence-electron chi connectivity index (χ1n) is 5.85. The molecule has 0 radical (unpaired) electrons. The lowest BCUT2D eigenvalue weighted by atomic mass is 10.2. The summed E-state index contributed by atoms with van der Waals surface area (Å²) in [5.74, 6) is 1.44. The Morgan fingerprint density at radius 2 is 2.26 bits per heavy atom. The number of nitrogens with one attached hydrogen (secondary N) is 1. The van der Waals surface area contributed by atoms with Crippen molar-refractivity contribution in [2.75, 3.05) is 12.4 Å². The van der Waals surface area contributed by atoms with E-state index in [2.05, 4.69) is 21.2 Å². The zero-order chi connectivity index (χ0) is 13.7. The molecule has 19 heavy (non-hydrogen) atoms. The minimum Gasteiger partial charge on any atom is -0.497 e. The standard InChI is InChI=1S/C14H14BrNO3/c1-18-11-4-6-12(15)13(9-11)16-14(17)7-5-10-3-2-8-19-10/h2-4,6,8-9H,5,7H2,1H3,(H,16,17). The Bertz CT molecular complexity index is 552. The molecule has 4 nitrogen and oxygen atoms in total. The lowest BCUT2D eigenvalue weighted by molar-refractivity contribution is -0.116. The molecule has 1 heterocycles. The fraction of sp³-hybridized carbons (Fsp3) is 0.214. The Hall–Kier alpha value is -1.75. The van der Waals surface area contributed by atoms with Crippen molar-refractivity contribution >= 4 is 27.5 Å². The van der Waals surface area contributed by atoms with E-state index in [1.54, 1.807) is 19.4 Å². The smallest absolute Gasteiger partial charge is 0.224 e. The molecule has 0 fully saturated rings. The van der Waals surface area contributed by atoms with E-state index in [0.717, 1.165) is 10.2 Å². The third-order valence-electron chi connectivity index (χ3n) is 2.63. The summed E-state index contributed by atoms with van der Waals surface area (Å²) in [5.41, 5.74) is 0.698. The number of rotatable bonds is 5. The monoisotopic (exact) mass is 323 g/mol. The summed E-state index contributed by atoms with van der Waals surface area (Å²) in [6.07, 6.45) is 2.56. The second-order valence-corrected chi connectivity index (χ2v) is 4.83. The molecule has 0 aliphatic rings. The van der Waals surface area contributed by atoms with E-state index in [9.17, 15) is 4.79 Å². The van der Waals surface area contributed by atoms with Gasteiger partial charge < -0.3 is 14.5 Å². The van der Waals surface area contributed by atoms with Crippen LogP contribution in [0.1, 0.15) is 12.2 Å². The van der Waals surface area contributed by atoms with Crippen molar-refractivity contribution in [2.45, 2.75) is 12.8 Å². The summed E-state index contributed by atoms with van der Waals surface area (Å²) in [7, 11) is 1.59. The average Bonchev–Trinajstić information content (AvgIpc) is 2.92. The van der Waals surface area contributed by atoms with Crippen molar-refractivity contribution in [3.8, 4) is 5.75 Å². The molecule has 0 saturated carbocycles. The summed E-state index contributed by atoms with van der Waals surface area (Å²) in [6, 6.07) is 9.10. The number of furan rings is 1. The average molecular weight is 324 g/mol. The summed E-state index contributed by atoms with van der Waals surface area (Å²) >= 11 is 3.39. The van der Waals surface area contributed by atoms with Crippen molar-refractivity contribution in [1.29, 1.82) is 0 Å². The maximum absolute atomic E-state index is 11.8. The summed E-state index contributed by atoms with van der Waals surface area (Å²) < 4.78 is 11.1. The number of ether oxygens (including phenoxy) is 1. The van der Waals surface area contributed by atoms with Gasteiger partial charge in [-0.1, -0.05) is 0 Å². The second kappa shape index (κ2) is 6.43. The predicted octanol–water partition coefficient (Wildman–Crippen LogP) is 3.62. The Morgan fingerprint density at radius 1 is 1.42 bits per heavy atom. The molecule has 0 aliphatic heterocycles. The van der Waals surface area contributed by atoms with Gasteiger partial charge in [-0.2, -0.15) is 0 Å². The highest BCUT2D eigenvalue weighted by Gasteiger charge is 2.08. The number of halogens is 1. The summed E-state index contributed by atoms with van der Waals surface area (Å²) in [4.78, 5) is 11.8. The highest BCUT2D eigenvalue weighted by molar-refractivity contribution is 9.10. The predicted molar refractivity (Wildman–Crippen MR) is 76.4 cm³/mol. The topological polar surface area (TPSA) is 51.5 Å². The van der Waals surface area contributed by atoms with E-state index < -0.39 is 0 Å². The maximum atomic E-state index is 11.8. The van der Waals surface area contributed by atoms with Crippen LogP contribution in [0.15, 0.2) is 45.5 Å². The molecule has 2 rings (SSSR count). The zero-order valence-electron chi connectivity index (χ0n) is 10.5. The Balaban J connectivity index is 1.94. The quantitative estimate of drug-likeness (QED) is 0.914. The van der Waals surface area contributed by atoms with Crippen LogP contribution >= 0.6 is 15.9 Å². The van der Waals surface area contributed by atoms with E-state index in [1.165, 1.54) is 0 Å². The van der Waals surface area contributed by atoms with Gasteiger partial charge in [-0.05, 0) is 40.2 Å². The van der Waals surface area contributed by atoms with Gasteiger partial charge in [0.05, 0.1) is 19.1 Å². The molecule has 2 aromatic rings. The minimum atomic E-state index is -0.0645.